The molecule has 2 aromatic heterocycles. The van der Waals surface area contributed by atoms with Crippen LogP contribution in [0, 0.1) is 13.8 Å². The Balaban J connectivity index is 1.41. The third-order valence-electron chi connectivity index (χ3n) is 5.70. The molecule has 0 unspecified atom stereocenters. The van der Waals surface area contributed by atoms with E-state index < -0.39 is 0 Å². The molecule has 1 aliphatic heterocycles. The Morgan fingerprint density at radius 1 is 0.867 bits per heavy atom. The number of piperazine rings is 1. The SMILES string of the molecule is Cc1ccc(C)c(N2CCN(c3ncnc4c3cnn4-c3ccc(Cl)cc3)CC2)c1. The third-order valence-corrected chi connectivity index (χ3v) is 5.95. The summed E-state index contributed by atoms with van der Waals surface area (Å²) < 4.78 is 1.84. The van der Waals surface area contributed by atoms with Crippen LogP contribution >= 0.6 is 11.6 Å². The van der Waals surface area contributed by atoms with Gasteiger partial charge in [0.1, 0.15) is 12.1 Å². The monoisotopic (exact) mass is 418 g/mol. The Kier molecular flexibility index (Phi) is 4.79. The van der Waals surface area contributed by atoms with E-state index in [0.717, 1.165) is 48.7 Å². The molecule has 1 saturated heterocycles. The van der Waals surface area contributed by atoms with Gasteiger partial charge in [-0.2, -0.15) is 5.10 Å². The summed E-state index contributed by atoms with van der Waals surface area (Å²) in [6.45, 7) is 8.06. The van der Waals surface area contributed by atoms with Crippen molar-refractivity contribution in [2.45, 2.75) is 13.8 Å². The third kappa shape index (κ3) is 3.37. The number of benzene rings is 2. The van der Waals surface area contributed by atoms with Crippen LogP contribution in [0.25, 0.3) is 16.7 Å². The smallest absolute Gasteiger partial charge is 0.168 e. The van der Waals surface area contributed by atoms with Crippen LogP contribution in [0.1, 0.15) is 11.1 Å². The zero-order valence-corrected chi connectivity index (χ0v) is 17.8. The van der Waals surface area contributed by atoms with Gasteiger partial charge in [0.15, 0.2) is 5.65 Å². The molecular formula is C23H23ClN6. The fraction of sp³-hybridized carbons (Fsp3) is 0.261. The lowest BCUT2D eigenvalue weighted by Crippen LogP contribution is -2.47. The van der Waals surface area contributed by atoms with Gasteiger partial charge >= 0.3 is 0 Å². The number of aryl methyl sites for hydroxylation is 2. The number of hydrogen-bond donors (Lipinski definition) is 0. The van der Waals surface area contributed by atoms with Gasteiger partial charge in [-0.3, -0.25) is 0 Å². The zero-order valence-electron chi connectivity index (χ0n) is 17.1. The van der Waals surface area contributed by atoms with Crippen molar-refractivity contribution in [3.05, 3.63) is 71.1 Å². The summed E-state index contributed by atoms with van der Waals surface area (Å²) in [6.07, 6.45) is 3.49. The molecule has 30 heavy (non-hydrogen) atoms. The van der Waals surface area contributed by atoms with Gasteiger partial charge in [-0.15, -0.1) is 0 Å². The lowest BCUT2D eigenvalue weighted by molar-refractivity contribution is 0.647. The predicted molar refractivity (Wildman–Crippen MR) is 122 cm³/mol. The van der Waals surface area contributed by atoms with E-state index in [1.165, 1.54) is 16.8 Å². The van der Waals surface area contributed by atoms with Crippen molar-refractivity contribution in [3.63, 3.8) is 0 Å². The van der Waals surface area contributed by atoms with Crippen LogP contribution in [0.2, 0.25) is 5.02 Å². The molecule has 6 nitrogen and oxygen atoms in total. The molecule has 0 saturated carbocycles. The Bertz CT molecular complexity index is 1190. The summed E-state index contributed by atoms with van der Waals surface area (Å²) in [5.41, 5.74) is 5.68. The highest BCUT2D eigenvalue weighted by Gasteiger charge is 2.22. The predicted octanol–water partition coefficient (Wildman–Crippen LogP) is 4.41. The molecule has 0 radical (unpaired) electrons. The Morgan fingerprint density at radius 2 is 1.60 bits per heavy atom. The van der Waals surface area contributed by atoms with Crippen molar-refractivity contribution >= 4 is 34.1 Å². The van der Waals surface area contributed by atoms with E-state index in [0.29, 0.717) is 5.02 Å². The Hall–Kier alpha value is -3.12. The van der Waals surface area contributed by atoms with Crippen LogP contribution in [0.3, 0.4) is 0 Å². The first-order chi connectivity index (χ1) is 14.6. The molecule has 0 N–H and O–H groups in total. The Labute approximate surface area is 180 Å². The van der Waals surface area contributed by atoms with Crippen molar-refractivity contribution in [2.24, 2.45) is 0 Å². The summed E-state index contributed by atoms with van der Waals surface area (Å²) in [4.78, 5) is 13.9. The van der Waals surface area contributed by atoms with Gasteiger partial charge in [-0.1, -0.05) is 23.7 Å². The van der Waals surface area contributed by atoms with Crippen LogP contribution in [0.4, 0.5) is 11.5 Å². The second-order valence-corrected chi connectivity index (χ2v) is 8.17. The lowest BCUT2D eigenvalue weighted by Gasteiger charge is -2.37. The molecule has 1 fully saturated rings. The average molecular weight is 419 g/mol. The first-order valence-corrected chi connectivity index (χ1v) is 10.5. The first kappa shape index (κ1) is 18.9. The molecule has 0 aliphatic carbocycles. The second-order valence-electron chi connectivity index (χ2n) is 7.73. The molecule has 5 rings (SSSR count). The minimum atomic E-state index is 0.701. The highest BCUT2D eigenvalue weighted by molar-refractivity contribution is 6.30. The van der Waals surface area contributed by atoms with Gasteiger partial charge in [-0.05, 0) is 55.3 Å². The number of nitrogens with zero attached hydrogens (tertiary/aromatic N) is 6. The van der Waals surface area contributed by atoms with Crippen molar-refractivity contribution in [1.82, 2.24) is 19.7 Å². The molecule has 0 spiro atoms. The number of rotatable bonds is 3. The molecular weight excluding hydrogens is 396 g/mol. The average Bonchev–Trinajstić information content (AvgIpc) is 3.20. The summed E-state index contributed by atoms with van der Waals surface area (Å²) >= 11 is 6.03. The maximum Gasteiger partial charge on any atom is 0.168 e. The number of aromatic nitrogens is 4. The van der Waals surface area contributed by atoms with Crippen LogP contribution in [0.15, 0.2) is 55.0 Å². The highest BCUT2D eigenvalue weighted by atomic mass is 35.5. The first-order valence-electron chi connectivity index (χ1n) is 10.1. The summed E-state index contributed by atoms with van der Waals surface area (Å²) in [5, 5.41) is 6.24. The van der Waals surface area contributed by atoms with Crippen molar-refractivity contribution in [2.75, 3.05) is 36.0 Å². The Morgan fingerprint density at radius 3 is 2.37 bits per heavy atom. The van der Waals surface area contributed by atoms with Gasteiger partial charge in [0, 0.05) is 36.9 Å². The summed E-state index contributed by atoms with van der Waals surface area (Å²) in [6, 6.07) is 14.3. The quantitative estimate of drug-likeness (QED) is 0.493. The second kappa shape index (κ2) is 7.61. The van der Waals surface area contributed by atoms with E-state index >= 15 is 0 Å². The fourth-order valence-corrected chi connectivity index (χ4v) is 4.20. The van der Waals surface area contributed by atoms with E-state index in [-0.39, 0.29) is 0 Å². The molecule has 0 atom stereocenters. The van der Waals surface area contributed by atoms with Gasteiger partial charge in [0.25, 0.3) is 0 Å². The van der Waals surface area contributed by atoms with E-state index in [1.807, 2.05) is 35.1 Å². The molecule has 0 amide bonds. The number of anilines is 2. The summed E-state index contributed by atoms with van der Waals surface area (Å²) in [7, 11) is 0. The maximum atomic E-state index is 6.03. The lowest BCUT2D eigenvalue weighted by atomic mass is 10.1. The van der Waals surface area contributed by atoms with Crippen LogP contribution in [0.5, 0.6) is 0 Å². The highest BCUT2D eigenvalue weighted by Crippen LogP contribution is 2.28. The fourth-order valence-electron chi connectivity index (χ4n) is 4.07. The molecule has 4 aromatic rings. The molecule has 152 valence electrons. The molecule has 1 aliphatic rings. The van der Waals surface area contributed by atoms with E-state index in [4.69, 9.17) is 11.6 Å². The van der Waals surface area contributed by atoms with Gasteiger partial charge < -0.3 is 9.80 Å². The normalized spacial score (nSPS) is 14.5. The van der Waals surface area contributed by atoms with Crippen molar-refractivity contribution < 1.29 is 0 Å². The van der Waals surface area contributed by atoms with E-state index in [2.05, 4.69) is 56.9 Å². The minimum Gasteiger partial charge on any atom is -0.368 e. The molecule has 7 heteroatoms. The van der Waals surface area contributed by atoms with Crippen LogP contribution < -0.4 is 9.80 Å². The van der Waals surface area contributed by atoms with Crippen molar-refractivity contribution in [3.8, 4) is 5.69 Å². The zero-order chi connectivity index (χ0) is 20.7. The van der Waals surface area contributed by atoms with Gasteiger partial charge in [-0.25, -0.2) is 14.6 Å². The topological polar surface area (TPSA) is 50.1 Å². The van der Waals surface area contributed by atoms with E-state index in [9.17, 15) is 0 Å². The van der Waals surface area contributed by atoms with E-state index in [1.54, 1.807) is 6.33 Å². The largest absolute Gasteiger partial charge is 0.368 e. The van der Waals surface area contributed by atoms with Crippen LogP contribution in [-0.4, -0.2) is 45.9 Å². The minimum absolute atomic E-state index is 0.701. The van der Waals surface area contributed by atoms with Gasteiger partial charge in [0.2, 0.25) is 0 Å². The number of fused-ring (bicyclic) bond motifs is 1. The van der Waals surface area contributed by atoms with Gasteiger partial charge in [0.05, 0.1) is 17.3 Å². The standard InChI is InChI=1S/C23H23ClN6/c1-16-3-4-17(2)21(13-16)28-9-11-29(12-10-28)22-20-14-27-30(23(20)26-15-25-22)19-7-5-18(24)6-8-19/h3-8,13-15H,9-12H2,1-2H3. The molecule has 2 aromatic carbocycles. The van der Waals surface area contributed by atoms with Crippen LogP contribution in [-0.2, 0) is 0 Å². The molecule has 0 bridgehead atoms. The number of halogens is 1. The number of hydrogen-bond acceptors (Lipinski definition) is 5. The van der Waals surface area contributed by atoms with Crippen molar-refractivity contribution in [1.29, 1.82) is 0 Å². The molecule has 3 heterocycles. The maximum absolute atomic E-state index is 6.03. The summed E-state index contributed by atoms with van der Waals surface area (Å²) in [5.74, 6) is 0.945.